The second-order valence-electron chi connectivity index (χ2n) is 18.1. The topological polar surface area (TPSA) is 350 Å². The molecule has 80 heavy (non-hydrogen) atoms. The summed E-state index contributed by atoms with van der Waals surface area (Å²) in [5.74, 6) is -12.8. The number of ether oxygens (including phenoxy) is 15. The van der Waals surface area contributed by atoms with Crippen molar-refractivity contribution in [1.29, 1.82) is 0 Å². The van der Waals surface area contributed by atoms with Gasteiger partial charge in [-0.1, -0.05) is 64.8 Å². The highest BCUT2D eigenvalue weighted by Gasteiger charge is 2.67. The molecule has 0 bridgehead atoms. The average molecular weight is 1220 g/mol. The van der Waals surface area contributed by atoms with Gasteiger partial charge in [0, 0.05) is 67.2 Å². The van der Waals surface area contributed by atoms with Crippen molar-refractivity contribution in [3.63, 3.8) is 0 Å². The molecule has 4 heterocycles. The zero-order chi connectivity index (χ0) is 59.4. The van der Waals surface area contributed by atoms with E-state index in [9.17, 15) is 47.9 Å². The molecule has 4 aliphatic rings. The van der Waals surface area contributed by atoms with Crippen LogP contribution in [0.4, 0.5) is 4.79 Å². The summed E-state index contributed by atoms with van der Waals surface area (Å²) in [4.78, 5) is 144. The Morgan fingerprint density at radius 1 is 0.650 bits per heavy atom. The van der Waals surface area contributed by atoms with Crippen LogP contribution in [0.25, 0.3) is 0 Å². The van der Waals surface area contributed by atoms with E-state index in [0.717, 1.165) is 74.1 Å². The van der Waals surface area contributed by atoms with Crippen LogP contribution in [0.5, 0.6) is 0 Å². The molecule has 16 atom stereocenters. The van der Waals surface area contributed by atoms with E-state index in [1.165, 1.54) is 0 Å². The van der Waals surface area contributed by atoms with E-state index >= 15 is 4.79 Å². The highest BCUT2D eigenvalue weighted by molar-refractivity contribution is 7.99. The Hall–Kier alpha value is -5.79. The molecule has 444 valence electrons. The standard InChI is InChI=1S/C48H59Cl3N2O26S/c1-20(54)52-34-30(69-24(5)58)15-47(78-40(34)37(71-26(7)60)31(70-25(6)59)16-65-21(2)55)45(63)77-42-41(79-47)38(72-27(8)61)32(17-66-22(3)56)74-43(42)76-36-33(18-67-23(4)57)75-44(80-29-13-11-10-12-14-29)35(39(36)73-28(9)62)53-46(64)68-19-48(49,50)51/h10-14,30-44H,15-19H2,1-9H3,(H,52,54)(H,53,64)/t30-,31+,32+,33+,34+,35+,36+,37+,38-,39+,40+,41-,42+,43-,44-,47-/m0/s1. The summed E-state index contributed by atoms with van der Waals surface area (Å²) in [5, 5.41) is 5.09. The van der Waals surface area contributed by atoms with E-state index in [1.807, 2.05) is 0 Å². The maximum atomic E-state index is 15.1. The normalized spacial score (nSPS) is 29.8. The van der Waals surface area contributed by atoms with Crippen LogP contribution in [-0.2, 0) is 119 Å². The Balaban J connectivity index is 1.70. The van der Waals surface area contributed by atoms with Crippen molar-refractivity contribution in [3.05, 3.63) is 30.3 Å². The van der Waals surface area contributed by atoms with Gasteiger partial charge in [-0.3, -0.25) is 43.2 Å². The Labute approximate surface area is 475 Å². The number of alkyl halides is 3. The van der Waals surface area contributed by atoms with E-state index in [0.29, 0.717) is 4.90 Å². The van der Waals surface area contributed by atoms with Crippen LogP contribution in [0.1, 0.15) is 68.7 Å². The highest BCUT2D eigenvalue weighted by Crippen LogP contribution is 2.46. The largest absolute Gasteiger partial charge is 0.463 e. The van der Waals surface area contributed by atoms with Crippen molar-refractivity contribution in [1.82, 2.24) is 10.6 Å². The lowest BCUT2D eigenvalue weighted by atomic mass is 9.86. The second-order valence-corrected chi connectivity index (χ2v) is 21.8. The summed E-state index contributed by atoms with van der Waals surface area (Å²) in [7, 11) is 0. The first kappa shape index (κ1) is 65.0. The number of carbonyl (C=O) groups is 11. The molecular formula is C48H59Cl3N2O26S. The fourth-order valence-corrected chi connectivity index (χ4v) is 10.1. The zero-order valence-corrected chi connectivity index (χ0v) is 47.3. The summed E-state index contributed by atoms with van der Waals surface area (Å²) in [6.07, 6.45) is -23.9. The van der Waals surface area contributed by atoms with Gasteiger partial charge in [0.2, 0.25) is 9.70 Å². The molecule has 28 nitrogen and oxygen atoms in total. The summed E-state index contributed by atoms with van der Waals surface area (Å²) in [6.45, 7) is 6.03. The molecule has 1 spiro atoms. The average Bonchev–Trinajstić information content (AvgIpc) is 3.33. The third-order valence-electron chi connectivity index (χ3n) is 11.6. The molecule has 0 aliphatic carbocycles. The summed E-state index contributed by atoms with van der Waals surface area (Å²) in [5.41, 5.74) is -1.27. The molecule has 0 aromatic heterocycles. The second kappa shape index (κ2) is 28.8. The maximum absolute atomic E-state index is 15.1. The number of fused-ring (bicyclic) bond motifs is 1. The molecule has 5 rings (SSSR count). The number of rotatable bonds is 20. The van der Waals surface area contributed by atoms with Crippen molar-refractivity contribution < 1.29 is 124 Å². The quantitative estimate of drug-likeness (QED) is 0.107. The van der Waals surface area contributed by atoms with Crippen LogP contribution in [-0.4, -0.2) is 193 Å². The Kier molecular flexibility index (Phi) is 23.4. The number of esters is 9. The predicted octanol–water partition coefficient (Wildman–Crippen LogP) is 1.73. The molecule has 4 aliphatic heterocycles. The third kappa shape index (κ3) is 18.6. The maximum Gasteiger partial charge on any atom is 0.407 e. The molecule has 0 unspecified atom stereocenters. The van der Waals surface area contributed by atoms with Gasteiger partial charge >= 0.3 is 59.8 Å². The van der Waals surface area contributed by atoms with Crippen molar-refractivity contribution in [2.75, 3.05) is 26.4 Å². The third-order valence-corrected chi connectivity index (χ3v) is 13.1. The number of halogens is 3. The van der Waals surface area contributed by atoms with Gasteiger partial charge in [0.25, 0.3) is 5.79 Å². The number of nitrogens with one attached hydrogen (secondary N) is 2. The zero-order valence-electron chi connectivity index (χ0n) is 44.2. The monoisotopic (exact) mass is 1220 g/mol. The number of hydrogen-bond donors (Lipinski definition) is 2. The van der Waals surface area contributed by atoms with Crippen molar-refractivity contribution in [3.8, 4) is 0 Å². The van der Waals surface area contributed by atoms with Gasteiger partial charge in [-0.25, -0.2) is 9.59 Å². The molecule has 1 aromatic rings. The number of benzene rings is 1. The van der Waals surface area contributed by atoms with E-state index in [1.54, 1.807) is 30.3 Å². The van der Waals surface area contributed by atoms with Gasteiger partial charge in [0.05, 0.1) is 12.5 Å². The summed E-state index contributed by atoms with van der Waals surface area (Å²) >= 11 is 18.6. The minimum atomic E-state index is -2.90. The van der Waals surface area contributed by atoms with Gasteiger partial charge in [0.1, 0.15) is 74.5 Å². The number of carbonyl (C=O) groups excluding carboxylic acids is 11. The van der Waals surface area contributed by atoms with Crippen LogP contribution in [0, 0.1) is 0 Å². The lowest BCUT2D eigenvalue weighted by Crippen LogP contribution is -2.75. The van der Waals surface area contributed by atoms with E-state index in [2.05, 4.69) is 10.6 Å². The molecule has 0 radical (unpaired) electrons. The smallest absolute Gasteiger partial charge is 0.407 e. The van der Waals surface area contributed by atoms with E-state index < -0.39 is 199 Å². The fraction of sp³-hybridized carbons (Fsp3) is 0.646. The molecule has 0 saturated carbocycles. The van der Waals surface area contributed by atoms with Crippen LogP contribution in [0.15, 0.2) is 35.2 Å². The molecule has 4 fully saturated rings. The van der Waals surface area contributed by atoms with E-state index in [-0.39, 0.29) is 0 Å². The minimum Gasteiger partial charge on any atom is -0.463 e. The van der Waals surface area contributed by atoms with Crippen molar-refractivity contribution >= 4 is 112 Å². The van der Waals surface area contributed by atoms with Crippen LogP contribution in [0.2, 0.25) is 0 Å². The summed E-state index contributed by atoms with van der Waals surface area (Å²) < 4.78 is 86.0. The molecular weight excluding hydrogens is 1160 g/mol. The van der Waals surface area contributed by atoms with Crippen molar-refractivity contribution in [2.45, 2.75) is 174 Å². The first-order valence-corrected chi connectivity index (χ1v) is 26.2. The Bertz CT molecular complexity index is 2450. The van der Waals surface area contributed by atoms with Crippen LogP contribution < -0.4 is 10.6 Å². The van der Waals surface area contributed by atoms with Gasteiger partial charge in [-0.15, -0.1) is 0 Å². The van der Waals surface area contributed by atoms with Gasteiger partial charge in [0.15, 0.2) is 36.8 Å². The molecule has 32 heteroatoms. The van der Waals surface area contributed by atoms with Crippen LogP contribution >= 0.6 is 46.6 Å². The lowest BCUT2D eigenvalue weighted by Gasteiger charge is -2.55. The van der Waals surface area contributed by atoms with Gasteiger partial charge < -0.3 is 81.7 Å². The van der Waals surface area contributed by atoms with E-state index in [4.69, 9.17) is 106 Å². The number of hydrogen-bond acceptors (Lipinski definition) is 27. The highest BCUT2D eigenvalue weighted by atomic mass is 35.6. The molecule has 2 amide bonds. The molecule has 1 aromatic carbocycles. The van der Waals surface area contributed by atoms with Gasteiger partial charge in [-0.2, -0.15) is 0 Å². The fourth-order valence-electron chi connectivity index (χ4n) is 8.81. The minimum absolute atomic E-state index is 0.548. The van der Waals surface area contributed by atoms with Gasteiger partial charge in [-0.05, 0) is 12.1 Å². The number of alkyl carbamates (subject to hydrolysis) is 1. The summed E-state index contributed by atoms with van der Waals surface area (Å²) in [6, 6.07) is 5.35. The first-order valence-electron chi connectivity index (χ1n) is 24.2. The molecule has 2 N–H and O–H groups in total. The number of thioether (sulfide) groups is 1. The SMILES string of the molecule is CC(=O)N[C@H]1[C@H]([C@H](OC(C)=O)[C@@H](COC(C)=O)OC(C)=O)O[C@@]2(C[C@@H]1OC(C)=O)O[C@H]1[C@@H](OC(C)=O)[C@@H](COC(C)=O)O[C@@H](O[C@H]3[C@H](OC(C)=O)[C@@H](NC(=O)OCC(Cl)(Cl)Cl)[C@H](Sc4ccccc4)O[C@@H]3COC(C)=O)[C@@H]1OC2=O. The van der Waals surface area contributed by atoms with Crippen LogP contribution in [0.3, 0.4) is 0 Å². The first-order chi connectivity index (χ1) is 37.4. The lowest BCUT2D eigenvalue weighted by molar-refractivity contribution is -0.404. The molecule has 4 saturated heterocycles. The number of amides is 2. The van der Waals surface area contributed by atoms with Crippen molar-refractivity contribution in [2.24, 2.45) is 0 Å². The Morgan fingerprint density at radius 2 is 1.23 bits per heavy atom. The Morgan fingerprint density at radius 3 is 1.76 bits per heavy atom. The predicted molar refractivity (Wildman–Crippen MR) is 265 cm³/mol.